The van der Waals surface area contributed by atoms with E-state index < -0.39 is 0 Å². The summed E-state index contributed by atoms with van der Waals surface area (Å²) >= 11 is 1.64. The Hall–Kier alpha value is -1.88. The third-order valence-electron chi connectivity index (χ3n) is 2.82. The lowest BCUT2D eigenvalue weighted by Crippen LogP contribution is -2.28. The van der Waals surface area contributed by atoms with Gasteiger partial charge in [0.2, 0.25) is 5.56 Å². The largest absolute Gasteiger partial charge is 0.344 e. The molecular weight excluding hydrogens is 260 g/mol. The minimum atomic E-state index is -0.208. The van der Waals surface area contributed by atoms with Crippen LogP contribution >= 0.6 is 11.3 Å². The molecule has 1 amide bonds. The number of pyridine rings is 1. The van der Waals surface area contributed by atoms with Crippen molar-refractivity contribution >= 4 is 17.2 Å². The van der Waals surface area contributed by atoms with Gasteiger partial charge in [-0.1, -0.05) is 19.4 Å². The minimum absolute atomic E-state index is 0.0319. The lowest BCUT2D eigenvalue weighted by Gasteiger charge is -2.16. The maximum atomic E-state index is 12.1. The maximum absolute atomic E-state index is 12.1. The first-order valence-corrected chi connectivity index (χ1v) is 7.11. The molecule has 2 aromatic rings. The second kappa shape index (κ2) is 6.33. The van der Waals surface area contributed by atoms with E-state index in [1.165, 1.54) is 18.3 Å². The summed E-state index contributed by atoms with van der Waals surface area (Å²) in [5.74, 6) is -0.164. The van der Waals surface area contributed by atoms with Gasteiger partial charge in [0, 0.05) is 17.1 Å². The van der Waals surface area contributed by atoms with Crippen molar-refractivity contribution in [3.63, 3.8) is 0 Å². The summed E-state index contributed by atoms with van der Waals surface area (Å²) in [6, 6.07) is 6.93. The topological polar surface area (TPSA) is 62.0 Å². The summed E-state index contributed by atoms with van der Waals surface area (Å²) < 4.78 is 0. The molecule has 0 aromatic carbocycles. The second-order valence-corrected chi connectivity index (χ2v) is 5.25. The van der Waals surface area contributed by atoms with Crippen molar-refractivity contribution in [2.24, 2.45) is 0 Å². The molecule has 0 fully saturated rings. The highest BCUT2D eigenvalue weighted by Gasteiger charge is 2.15. The van der Waals surface area contributed by atoms with Crippen LogP contribution in [-0.2, 0) is 0 Å². The summed E-state index contributed by atoms with van der Waals surface area (Å²) in [6.45, 7) is 2.09. The molecule has 1 atom stereocenters. The summed E-state index contributed by atoms with van der Waals surface area (Å²) in [7, 11) is 0. The second-order valence-electron chi connectivity index (χ2n) is 4.27. The molecule has 0 saturated carbocycles. The van der Waals surface area contributed by atoms with Gasteiger partial charge in [-0.15, -0.1) is 11.3 Å². The first-order valence-electron chi connectivity index (χ1n) is 6.23. The number of aromatic amines is 1. The Bertz CT molecular complexity index is 569. The molecule has 2 N–H and O–H groups in total. The van der Waals surface area contributed by atoms with Crippen molar-refractivity contribution in [2.75, 3.05) is 0 Å². The van der Waals surface area contributed by atoms with Gasteiger partial charge in [0.25, 0.3) is 5.91 Å². The van der Waals surface area contributed by atoms with E-state index in [2.05, 4.69) is 17.2 Å². The number of nitrogens with one attached hydrogen (secondary N) is 2. The number of carbonyl (C=O) groups excluding carboxylic acids is 1. The van der Waals surface area contributed by atoms with Crippen LogP contribution in [0, 0.1) is 0 Å². The molecule has 0 bridgehead atoms. The van der Waals surface area contributed by atoms with Crippen molar-refractivity contribution in [1.29, 1.82) is 0 Å². The maximum Gasteiger partial charge on any atom is 0.253 e. The Morgan fingerprint density at radius 1 is 1.42 bits per heavy atom. The molecule has 0 saturated heterocycles. The minimum Gasteiger partial charge on any atom is -0.344 e. The lowest BCUT2D eigenvalue weighted by atomic mass is 10.1. The first-order chi connectivity index (χ1) is 9.20. The monoisotopic (exact) mass is 276 g/mol. The van der Waals surface area contributed by atoms with Crippen LogP contribution in [0.25, 0.3) is 0 Å². The zero-order chi connectivity index (χ0) is 13.7. The van der Waals surface area contributed by atoms with E-state index in [1.807, 2.05) is 17.5 Å². The van der Waals surface area contributed by atoms with Crippen molar-refractivity contribution < 1.29 is 4.79 Å². The molecule has 0 aliphatic carbocycles. The normalized spacial score (nSPS) is 12.1. The van der Waals surface area contributed by atoms with Crippen LogP contribution < -0.4 is 10.9 Å². The van der Waals surface area contributed by atoms with Crippen LogP contribution in [0.5, 0.6) is 0 Å². The van der Waals surface area contributed by atoms with E-state index in [1.54, 1.807) is 11.3 Å². The van der Waals surface area contributed by atoms with Gasteiger partial charge in [0.15, 0.2) is 0 Å². The van der Waals surface area contributed by atoms with Gasteiger partial charge >= 0.3 is 0 Å². The molecule has 5 heteroatoms. The Kier molecular flexibility index (Phi) is 4.52. The third-order valence-corrected chi connectivity index (χ3v) is 3.80. The predicted octanol–water partition coefficient (Wildman–Crippen LogP) is 2.71. The number of aromatic nitrogens is 1. The number of rotatable bonds is 5. The van der Waals surface area contributed by atoms with Gasteiger partial charge in [0.05, 0.1) is 11.6 Å². The molecule has 100 valence electrons. The molecule has 0 aliphatic heterocycles. The zero-order valence-electron chi connectivity index (χ0n) is 10.7. The first kappa shape index (κ1) is 13.5. The van der Waals surface area contributed by atoms with E-state index in [9.17, 15) is 9.59 Å². The number of hydrogen-bond donors (Lipinski definition) is 2. The lowest BCUT2D eigenvalue weighted by molar-refractivity contribution is 0.0935. The van der Waals surface area contributed by atoms with E-state index in [-0.39, 0.29) is 17.5 Å². The van der Waals surface area contributed by atoms with Gasteiger partial charge in [-0.3, -0.25) is 9.59 Å². The number of amides is 1. The van der Waals surface area contributed by atoms with Gasteiger partial charge < -0.3 is 10.3 Å². The molecule has 2 rings (SSSR count). The molecule has 0 aliphatic rings. The molecule has 1 unspecified atom stereocenters. The van der Waals surface area contributed by atoms with E-state index in [0.717, 1.165) is 17.7 Å². The Labute approximate surface area is 115 Å². The van der Waals surface area contributed by atoms with E-state index >= 15 is 0 Å². The fraction of sp³-hybridized carbons (Fsp3) is 0.286. The smallest absolute Gasteiger partial charge is 0.253 e. The van der Waals surface area contributed by atoms with Crippen LogP contribution in [0.3, 0.4) is 0 Å². The molecule has 0 spiro atoms. The number of hydrogen-bond acceptors (Lipinski definition) is 3. The third kappa shape index (κ3) is 3.54. The zero-order valence-corrected chi connectivity index (χ0v) is 11.5. The predicted molar refractivity (Wildman–Crippen MR) is 76.5 cm³/mol. The summed E-state index contributed by atoms with van der Waals surface area (Å²) in [5.41, 5.74) is 0.261. The standard InChI is InChI=1S/C14H16N2O2S/c1-2-4-11(12-5-3-8-19-12)16-14(18)10-6-7-13(17)15-9-10/h3,5-9,11H,2,4H2,1H3,(H,15,17)(H,16,18). The summed E-state index contributed by atoms with van der Waals surface area (Å²) in [6.07, 6.45) is 3.33. The highest BCUT2D eigenvalue weighted by atomic mass is 32.1. The van der Waals surface area contributed by atoms with Crippen LogP contribution in [0.4, 0.5) is 0 Å². The van der Waals surface area contributed by atoms with Crippen molar-refractivity contribution in [3.8, 4) is 0 Å². The highest BCUT2D eigenvalue weighted by Crippen LogP contribution is 2.23. The Morgan fingerprint density at radius 3 is 2.84 bits per heavy atom. The summed E-state index contributed by atoms with van der Waals surface area (Å²) in [5, 5.41) is 5.01. The van der Waals surface area contributed by atoms with Gasteiger partial charge in [0.1, 0.15) is 0 Å². The molecular formula is C14H16N2O2S. The number of H-pyrrole nitrogens is 1. The molecule has 19 heavy (non-hydrogen) atoms. The quantitative estimate of drug-likeness (QED) is 0.882. The van der Waals surface area contributed by atoms with Crippen molar-refractivity contribution in [2.45, 2.75) is 25.8 Å². The molecule has 0 radical (unpaired) electrons. The van der Waals surface area contributed by atoms with E-state index in [4.69, 9.17) is 0 Å². The van der Waals surface area contributed by atoms with Gasteiger partial charge in [-0.05, 0) is 23.9 Å². The van der Waals surface area contributed by atoms with Crippen LogP contribution in [-0.4, -0.2) is 10.9 Å². The molecule has 4 nitrogen and oxygen atoms in total. The van der Waals surface area contributed by atoms with Crippen LogP contribution in [0.15, 0.2) is 40.6 Å². The average Bonchev–Trinajstić information content (AvgIpc) is 2.92. The fourth-order valence-electron chi connectivity index (χ4n) is 1.86. The molecule has 2 aromatic heterocycles. The number of thiophene rings is 1. The van der Waals surface area contributed by atoms with Gasteiger partial charge in [-0.25, -0.2) is 0 Å². The fourth-order valence-corrected chi connectivity index (χ4v) is 2.67. The average molecular weight is 276 g/mol. The SMILES string of the molecule is CCCC(NC(=O)c1ccc(=O)[nH]c1)c1cccs1. The Balaban J connectivity index is 2.11. The summed E-state index contributed by atoms with van der Waals surface area (Å²) in [4.78, 5) is 26.7. The number of carbonyl (C=O) groups is 1. The van der Waals surface area contributed by atoms with E-state index in [0.29, 0.717) is 5.56 Å². The van der Waals surface area contributed by atoms with Crippen molar-refractivity contribution in [1.82, 2.24) is 10.3 Å². The van der Waals surface area contributed by atoms with Crippen LogP contribution in [0.2, 0.25) is 0 Å². The van der Waals surface area contributed by atoms with Gasteiger partial charge in [-0.2, -0.15) is 0 Å². The van der Waals surface area contributed by atoms with Crippen molar-refractivity contribution in [3.05, 3.63) is 56.6 Å². The highest BCUT2D eigenvalue weighted by molar-refractivity contribution is 7.10. The Morgan fingerprint density at radius 2 is 2.26 bits per heavy atom. The van der Waals surface area contributed by atoms with Crippen LogP contribution in [0.1, 0.15) is 41.0 Å². The molecule has 2 heterocycles.